The quantitative estimate of drug-likeness (QED) is 0.156. The van der Waals surface area contributed by atoms with Crippen LogP contribution in [0.3, 0.4) is 0 Å². The first-order chi connectivity index (χ1) is 31.7. The highest BCUT2D eigenvalue weighted by Gasteiger charge is 2.18. The van der Waals surface area contributed by atoms with Gasteiger partial charge in [0.25, 0.3) is 0 Å². The molecule has 0 unspecified atom stereocenters. The number of rotatable bonds is 6. The van der Waals surface area contributed by atoms with Crippen LogP contribution in [0.4, 0.5) is 17.1 Å². The Bertz CT molecular complexity index is 3940. The van der Waals surface area contributed by atoms with Crippen molar-refractivity contribution < 1.29 is 4.42 Å². The van der Waals surface area contributed by atoms with Crippen LogP contribution in [0, 0.1) is 0 Å². The van der Waals surface area contributed by atoms with Crippen molar-refractivity contribution in [1.29, 1.82) is 0 Å². The predicted molar refractivity (Wildman–Crippen MR) is 272 cm³/mol. The number of nitrogens with zero attached hydrogens (tertiary/aromatic N) is 1. The number of furan rings is 1. The maximum absolute atomic E-state index is 6.56. The van der Waals surface area contributed by atoms with Crippen LogP contribution in [0.15, 0.2) is 241 Å². The minimum absolute atomic E-state index is 0.897. The molecule has 0 saturated carbocycles. The molecule has 0 bridgehead atoms. The van der Waals surface area contributed by atoms with Crippen LogP contribution >= 0.6 is 0 Å². The van der Waals surface area contributed by atoms with Gasteiger partial charge in [0.15, 0.2) is 0 Å². The molecule has 12 aromatic carbocycles. The molecule has 0 atom stereocenters. The lowest BCUT2D eigenvalue weighted by Gasteiger charge is -2.26. The van der Waals surface area contributed by atoms with Gasteiger partial charge in [-0.1, -0.05) is 176 Å². The van der Waals surface area contributed by atoms with Gasteiger partial charge >= 0.3 is 0 Å². The molecular formula is C62H39NO. The molecule has 0 N–H and O–H groups in total. The van der Waals surface area contributed by atoms with E-state index in [2.05, 4.69) is 241 Å². The summed E-state index contributed by atoms with van der Waals surface area (Å²) in [4.78, 5) is 2.36. The Balaban J connectivity index is 0.911. The molecule has 0 amide bonds. The zero-order valence-electron chi connectivity index (χ0n) is 34.9. The first-order valence-electron chi connectivity index (χ1n) is 22.0. The summed E-state index contributed by atoms with van der Waals surface area (Å²) < 4.78 is 6.56. The zero-order valence-corrected chi connectivity index (χ0v) is 34.9. The zero-order chi connectivity index (χ0) is 42.1. The number of fused-ring (bicyclic) bond motifs is 11. The van der Waals surface area contributed by atoms with Crippen LogP contribution in [0.1, 0.15) is 0 Å². The van der Waals surface area contributed by atoms with Crippen molar-refractivity contribution in [2.24, 2.45) is 0 Å². The van der Waals surface area contributed by atoms with Crippen molar-refractivity contribution in [3.63, 3.8) is 0 Å². The first kappa shape index (κ1) is 36.2. The summed E-state index contributed by atoms with van der Waals surface area (Å²) in [6.07, 6.45) is 0. The molecule has 13 aromatic rings. The van der Waals surface area contributed by atoms with E-state index in [4.69, 9.17) is 4.42 Å². The third kappa shape index (κ3) is 5.88. The third-order valence-corrected chi connectivity index (χ3v) is 13.2. The molecule has 0 aliphatic carbocycles. The van der Waals surface area contributed by atoms with Crippen molar-refractivity contribution in [1.82, 2.24) is 0 Å². The van der Waals surface area contributed by atoms with E-state index < -0.39 is 0 Å². The van der Waals surface area contributed by atoms with Gasteiger partial charge in [-0.05, 0) is 143 Å². The number of hydrogen-bond acceptors (Lipinski definition) is 2. The van der Waals surface area contributed by atoms with Crippen LogP contribution in [-0.2, 0) is 0 Å². The Morgan fingerprint density at radius 1 is 0.266 bits per heavy atom. The van der Waals surface area contributed by atoms with Crippen molar-refractivity contribution in [3.05, 3.63) is 237 Å². The minimum Gasteiger partial charge on any atom is -0.455 e. The molecule has 2 heteroatoms. The molecule has 13 rings (SSSR count). The number of hydrogen-bond donors (Lipinski definition) is 0. The normalized spacial score (nSPS) is 11.8. The molecule has 1 heterocycles. The second kappa shape index (κ2) is 14.6. The number of benzene rings is 12. The Hall–Kier alpha value is -8.46. The Morgan fingerprint density at radius 2 is 0.734 bits per heavy atom. The van der Waals surface area contributed by atoms with Crippen molar-refractivity contribution in [2.45, 2.75) is 0 Å². The fourth-order valence-corrected chi connectivity index (χ4v) is 10.1. The molecule has 0 aliphatic rings. The molecular weight excluding hydrogens is 775 g/mol. The number of anilines is 3. The Morgan fingerprint density at radius 3 is 1.44 bits per heavy atom. The maximum atomic E-state index is 6.56. The molecule has 0 aliphatic heterocycles. The molecule has 0 radical (unpaired) electrons. The smallest absolute Gasteiger partial charge is 0.143 e. The summed E-state index contributed by atoms with van der Waals surface area (Å²) in [5, 5.41) is 14.7. The summed E-state index contributed by atoms with van der Waals surface area (Å²) >= 11 is 0. The van der Waals surface area contributed by atoms with Gasteiger partial charge in [0, 0.05) is 33.2 Å². The van der Waals surface area contributed by atoms with Crippen molar-refractivity contribution in [2.75, 3.05) is 4.90 Å². The van der Waals surface area contributed by atoms with E-state index in [-0.39, 0.29) is 0 Å². The van der Waals surface area contributed by atoms with Crippen LogP contribution in [-0.4, -0.2) is 0 Å². The third-order valence-electron chi connectivity index (χ3n) is 13.2. The fraction of sp³-hybridized carbons (Fsp3) is 0. The molecule has 64 heavy (non-hydrogen) atoms. The highest BCUT2D eigenvalue weighted by atomic mass is 16.3. The Kier molecular flexibility index (Phi) is 8.25. The lowest BCUT2D eigenvalue weighted by Crippen LogP contribution is -2.09. The van der Waals surface area contributed by atoms with E-state index in [9.17, 15) is 0 Å². The van der Waals surface area contributed by atoms with E-state index in [1.54, 1.807) is 0 Å². The van der Waals surface area contributed by atoms with Gasteiger partial charge in [-0.3, -0.25) is 0 Å². The van der Waals surface area contributed by atoms with Gasteiger partial charge in [-0.2, -0.15) is 0 Å². The van der Waals surface area contributed by atoms with Gasteiger partial charge < -0.3 is 9.32 Å². The van der Waals surface area contributed by atoms with E-state index in [0.29, 0.717) is 0 Å². The lowest BCUT2D eigenvalue weighted by atomic mass is 9.93. The van der Waals surface area contributed by atoms with E-state index in [1.807, 2.05) is 0 Å². The summed E-state index contributed by atoms with van der Waals surface area (Å²) in [5.74, 6) is 0. The van der Waals surface area contributed by atoms with E-state index >= 15 is 0 Å². The summed E-state index contributed by atoms with van der Waals surface area (Å²) in [6.45, 7) is 0. The monoisotopic (exact) mass is 813 g/mol. The standard InChI is InChI=1S/C62H39NO/c1-4-13-51-41(10-1)20-21-47-38-45(29-36-53(47)51)40-22-30-48(31-23-40)63(50-34-26-44(27-35-50)59-39-46-12-3-5-14-52(46)56-16-7-8-17-57(56)59)49-32-24-43(25-33-49)54-18-9-19-60-61(54)58-37-28-42-11-2-6-15-55(42)62(58)64-60/h1-39H. The van der Waals surface area contributed by atoms with Gasteiger partial charge in [0.2, 0.25) is 0 Å². The average Bonchev–Trinajstić information content (AvgIpc) is 3.76. The largest absolute Gasteiger partial charge is 0.455 e. The first-order valence-corrected chi connectivity index (χ1v) is 22.0. The SMILES string of the molecule is c1ccc2c(c1)ccc1cc(-c3ccc(N(c4ccc(-c5cc6ccccc6c6ccccc56)cc4)c4ccc(-c5cccc6oc7c8ccccc8ccc7c56)cc4)cc3)ccc12. The van der Waals surface area contributed by atoms with Crippen molar-refractivity contribution >= 4 is 92.9 Å². The highest BCUT2D eigenvalue weighted by Crippen LogP contribution is 2.43. The topological polar surface area (TPSA) is 16.4 Å². The molecule has 0 saturated heterocycles. The fourth-order valence-electron chi connectivity index (χ4n) is 10.1. The average molecular weight is 814 g/mol. The van der Waals surface area contributed by atoms with Crippen LogP contribution in [0.25, 0.3) is 109 Å². The maximum Gasteiger partial charge on any atom is 0.143 e. The van der Waals surface area contributed by atoms with Crippen LogP contribution in [0.2, 0.25) is 0 Å². The summed E-state index contributed by atoms with van der Waals surface area (Å²) in [5.41, 5.74) is 12.2. The van der Waals surface area contributed by atoms with Gasteiger partial charge in [-0.15, -0.1) is 0 Å². The van der Waals surface area contributed by atoms with Crippen LogP contribution < -0.4 is 4.90 Å². The van der Waals surface area contributed by atoms with E-state index in [1.165, 1.54) is 70.7 Å². The highest BCUT2D eigenvalue weighted by molar-refractivity contribution is 6.19. The minimum atomic E-state index is 0.897. The van der Waals surface area contributed by atoms with E-state index in [0.717, 1.165) is 55.5 Å². The van der Waals surface area contributed by atoms with Gasteiger partial charge in [-0.25, -0.2) is 0 Å². The van der Waals surface area contributed by atoms with Gasteiger partial charge in [0.05, 0.1) is 0 Å². The second-order valence-corrected chi connectivity index (χ2v) is 16.8. The molecule has 0 fully saturated rings. The summed E-state index contributed by atoms with van der Waals surface area (Å²) in [7, 11) is 0. The molecule has 1 aromatic heterocycles. The van der Waals surface area contributed by atoms with Crippen molar-refractivity contribution in [3.8, 4) is 33.4 Å². The van der Waals surface area contributed by atoms with Crippen LogP contribution in [0.5, 0.6) is 0 Å². The van der Waals surface area contributed by atoms with Gasteiger partial charge in [0.1, 0.15) is 11.2 Å². The second-order valence-electron chi connectivity index (χ2n) is 16.8. The predicted octanol–water partition coefficient (Wildman–Crippen LogP) is 17.8. The lowest BCUT2D eigenvalue weighted by molar-refractivity contribution is 0.673. The molecule has 298 valence electrons. The summed E-state index contributed by atoms with van der Waals surface area (Å²) in [6, 6.07) is 86.0. The Labute approximate surface area is 370 Å². The molecule has 2 nitrogen and oxygen atoms in total. The molecule has 0 spiro atoms.